The molecule has 8 nitrogen and oxygen atoms in total. The van der Waals surface area contributed by atoms with Crippen LogP contribution in [0.5, 0.6) is 0 Å². The second kappa shape index (κ2) is 6.79. The number of hydrogen-bond donors (Lipinski definition) is 4. The average molecular weight is 348 g/mol. The highest BCUT2D eigenvalue weighted by Gasteiger charge is 2.20. The summed E-state index contributed by atoms with van der Waals surface area (Å²) in [5, 5.41) is 12.9. The summed E-state index contributed by atoms with van der Waals surface area (Å²) in [6, 6.07) is 10.7. The first kappa shape index (κ1) is 17.6. The molecule has 1 amide bonds. The Kier molecular flexibility index (Phi) is 4.98. The number of benzene rings is 2. The van der Waals surface area contributed by atoms with Crippen LogP contribution < -0.4 is 16.4 Å². The molecule has 0 radical (unpaired) electrons. The van der Waals surface area contributed by atoms with Gasteiger partial charge in [-0.05, 0) is 29.3 Å². The second-order valence-corrected chi connectivity index (χ2v) is 6.38. The van der Waals surface area contributed by atoms with E-state index in [1.807, 2.05) is 0 Å². The Morgan fingerprint density at radius 2 is 1.79 bits per heavy atom. The van der Waals surface area contributed by atoms with Crippen molar-refractivity contribution in [2.45, 2.75) is 4.90 Å². The predicted octanol–water partition coefficient (Wildman–Crippen LogP) is 0.576. The number of rotatable bonds is 5. The van der Waals surface area contributed by atoms with E-state index < -0.39 is 21.8 Å². The van der Waals surface area contributed by atoms with Gasteiger partial charge in [0.2, 0.25) is 10.0 Å². The van der Waals surface area contributed by atoms with E-state index in [1.54, 1.807) is 18.2 Å². The molecule has 2 rings (SSSR count). The summed E-state index contributed by atoms with van der Waals surface area (Å²) in [4.78, 5) is 16.0. The number of primary sulfonamides is 1. The Hall–Kier alpha value is -2.75. The summed E-state index contributed by atoms with van der Waals surface area (Å²) in [6.07, 6.45) is 0. The van der Waals surface area contributed by atoms with Crippen molar-refractivity contribution >= 4 is 21.8 Å². The van der Waals surface area contributed by atoms with E-state index in [-0.39, 0.29) is 10.5 Å². The van der Waals surface area contributed by atoms with Crippen LogP contribution in [0.4, 0.5) is 0 Å². The van der Waals surface area contributed by atoms with Crippen molar-refractivity contribution in [2.75, 3.05) is 7.11 Å². The lowest BCUT2D eigenvalue weighted by Crippen LogP contribution is -2.22. The van der Waals surface area contributed by atoms with Crippen LogP contribution in [0, 0.1) is 5.41 Å². The predicted molar refractivity (Wildman–Crippen MR) is 88.7 cm³/mol. The number of amides is 1. The maximum Gasteiger partial charge on any atom is 0.274 e. The van der Waals surface area contributed by atoms with Crippen LogP contribution in [-0.4, -0.2) is 27.3 Å². The molecule has 0 aromatic heterocycles. The first-order valence-electron chi connectivity index (χ1n) is 6.69. The minimum atomic E-state index is -4.04. The Balaban J connectivity index is 2.57. The number of carbonyl (C=O) groups excluding carboxylic acids is 1. The summed E-state index contributed by atoms with van der Waals surface area (Å²) in [5.74, 6) is -0.843. The van der Waals surface area contributed by atoms with Gasteiger partial charge in [0.15, 0.2) is 0 Å². The van der Waals surface area contributed by atoms with Gasteiger partial charge in [-0.15, -0.1) is 0 Å². The van der Waals surface area contributed by atoms with Gasteiger partial charge in [-0.25, -0.2) is 19.0 Å². The van der Waals surface area contributed by atoms with Crippen molar-refractivity contribution in [3.05, 3.63) is 53.6 Å². The maximum absolute atomic E-state index is 11.7. The molecule has 6 N–H and O–H groups in total. The lowest BCUT2D eigenvalue weighted by molar-refractivity contribution is 0.0537. The second-order valence-electron chi connectivity index (χ2n) is 4.85. The summed E-state index contributed by atoms with van der Waals surface area (Å²) in [5.41, 5.74) is 9.12. The molecule has 0 unspecified atom stereocenters. The molecule has 0 saturated heterocycles. The lowest BCUT2D eigenvalue weighted by Gasteiger charge is -2.13. The summed E-state index contributed by atoms with van der Waals surface area (Å²) >= 11 is 0. The van der Waals surface area contributed by atoms with Gasteiger partial charge in [-0.2, -0.15) is 0 Å². The zero-order valence-electron chi connectivity index (χ0n) is 12.7. The van der Waals surface area contributed by atoms with E-state index in [9.17, 15) is 13.2 Å². The number of nitrogens with one attached hydrogen (secondary N) is 2. The van der Waals surface area contributed by atoms with E-state index in [2.05, 4.69) is 10.3 Å². The standard InChI is InChI=1S/C15H16N4O4S/c1-23-19-15(20)10-7-5-9(6-8-10)11-3-2-4-12(24(18,21)22)13(11)14(16)17/h2-8H,1H3,(H3,16,17)(H,19,20)(H2,18,21,22). The maximum atomic E-state index is 11.7. The largest absolute Gasteiger partial charge is 0.384 e. The Labute approximate surface area is 138 Å². The van der Waals surface area contributed by atoms with Crippen molar-refractivity contribution in [3.63, 3.8) is 0 Å². The molecule has 0 saturated carbocycles. The van der Waals surface area contributed by atoms with E-state index in [0.29, 0.717) is 16.7 Å². The molecule has 0 fully saturated rings. The number of sulfonamides is 1. The quantitative estimate of drug-likeness (QED) is 0.354. The van der Waals surface area contributed by atoms with E-state index in [4.69, 9.17) is 16.3 Å². The molecule has 0 spiro atoms. The Morgan fingerprint density at radius 3 is 2.29 bits per heavy atom. The van der Waals surface area contributed by atoms with E-state index >= 15 is 0 Å². The molecular weight excluding hydrogens is 332 g/mol. The van der Waals surface area contributed by atoms with Crippen molar-refractivity contribution in [3.8, 4) is 11.1 Å². The lowest BCUT2D eigenvalue weighted by atomic mass is 9.98. The van der Waals surface area contributed by atoms with Gasteiger partial charge >= 0.3 is 0 Å². The highest BCUT2D eigenvalue weighted by Crippen LogP contribution is 2.28. The third kappa shape index (κ3) is 3.59. The minimum absolute atomic E-state index is 0.0223. The zero-order valence-corrected chi connectivity index (χ0v) is 13.6. The molecule has 9 heteroatoms. The number of carbonyl (C=O) groups is 1. The normalized spacial score (nSPS) is 11.1. The SMILES string of the molecule is CONC(=O)c1ccc(-c2cccc(S(N)(=O)=O)c2C(=N)N)cc1. The molecule has 126 valence electrons. The topological polar surface area (TPSA) is 148 Å². The number of hydrogen-bond acceptors (Lipinski definition) is 5. The number of nitrogen functional groups attached to an aromatic ring is 1. The Bertz CT molecular complexity index is 892. The van der Waals surface area contributed by atoms with Crippen LogP contribution in [0.15, 0.2) is 47.4 Å². The fourth-order valence-electron chi connectivity index (χ4n) is 2.24. The molecule has 2 aromatic rings. The van der Waals surface area contributed by atoms with Crippen molar-refractivity contribution < 1.29 is 18.0 Å². The number of amidine groups is 1. The highest BCUT2D eigenvalue weighted by molar-refractivity contribution is 7.89. The van der Waals surface area contributed by atoms with Crippen LogP contribution in [0.2, 0.25) is 0 Å². The molecule has 24 heavy (non-hydrogen) atoms. The highest BCUT2D eigenvalue weighted by atomic mass is 32.2. The summed E-state index contributed by atoms with van der Waals surface area (Å²) in [6.45, 7) is 0. The summed E-state index contributed by atoms with van der Waals surface area (Å²) < 4.78 is 23.4. The van der Waals surface area contributed by atoms with Crippen LogP contribution in [-0.2, 0) is 14.9 Å². The Morgan fingerprint density at radius 1 is 1.17 bits per heavy atom. The summed E-state index contributed by atoms with van der Waals surface area (Å²) in [7, 11) is -2.72. The van der Waals surface area contributed by atoms with Gasteiger partial charge < -0.3 is 5.73 Å². The average Bonchev–Trinajstić information content (AvgIpc) is 2.53. The van der Waals surface area contributed by atoms with E-state index in [1.165, 1.54) is 31.4 Å². The van der Waals surface area contributed by atoms with Crippen LogP contribution >= 0.6 is 0 Å². The van der Waals surface area contributed by atoms with Crippen LogP contribution in [0.25, 0.3) is 11.1 Å². The molecule has 0 aliphatic heterocycles. The van der Waals surface area contributed by atoms with Gasteiger partial charge in [-0.3, -0.25) is 15.0 Å². The smallest absolute Gasteiger partial charge is 0.274 e. The van der Waals surface area contributed by atoms with Crippen LogP contribution in [0.3, 0.4) is 0 Å². The molecule has 0 heterocycles. The van der Waals surface area contributed by atoms with Gasteiger partial charge in [0.05, 0.1) is 12.0 Å². The molecule has 0 aliphatic carbocycles. The fourth-order valence-corrected chi connectivity index (χ4v) is 3.01. The van der Waals surface area contributed by atoms with E-state index in [0.717, 1.165) is 0 Å². The molecule has 0 bridgehead atoms. The first-order valence-corrected chi connectivity index (χ1v) is 8.24. The van der Waals surface area contributed by atoms with Crippen LogP contribution in [0.1, 0.15) is 15.9 Å². The molecule has 0 aliphatic rings. The third-order valence-corrected chi connectivity index (χ3v) is 4.21. The molecular formula is C15H16N4O4S. The van der Waals surface area contributed by atoms with Crippen molar-refractivity contribution in [1.29, 1.82) is 5.41 Å². The van der Waals surface area contributed by atoms with Gasteiger partial charge in [-0.1, -0.05) is 24.3 Å². The van der Waals surface area contributed by atoms with Gasteiger partial charge in [0.1, 0.15) is 5.84 Å². The first-order chi connectivity index (χ1) is 11.3. The zero-order chi connectivity index (χ0) is 17.9. The van der Waals surface area contributed by atoms with Gasteiger partial charge in [0, 0.05) is 11.1 Å². The number of hydroxylamine groups is 1. The van der Waals surface area contributed by atoms with Crippen molar-refractivity contribution in [1.82, 2.24) is 5.48 Å². The molecule has 2 aromatic carbocycles. The fraction of sp³-hybridized carbons (Fsp3) is 0.0667. The molecule has 0 atom stereocenters. The van der Waals surface area contributed by atoms with Gasteiger partial charge in [0.25, 0.3) is 5.91 Å². The third-order valence-electron chi connectivity index (χ3n) is 3.25. The van der Waals surface area contributed by atoms with Crippen molar-refractivity contribution in [2.24, 2.45) is 10.9 Å². The minimum Gasteiger partial charge on any atom is -0.384 e. The number of nitrogens with two attached hydrogens (primary N) is 2. The monoisotopic (exact) mass is 348 g/mol.